The van der Waals surface area contributed by atoms with E-state index in [-0.39, 0.29) is 17.5 Å². The van der Waals surface area contributed by atoms with Gasteiger partial charge in [0.2, 0.25) is 5.88 Å². The van der Waals surface area contributed by atoms with Crippen LogP contribution in [0.15, 0.2) is 48.8 Å². The molecule has 1 aromatic carbocycles. The van der Waals surface area contributed by atoms with Gasteiger partial charge in [-0.3, -0.25) is 4.57 Å². The summed E-state index contributed by atoms with van der Waals surface area (Å²) in [6.45, 7) is 3.40. The molecule has 0 N–H and O–H groups in total. The minimum absolute atomic E-state index is 0.129. The van der Waals surface area contributed by atoms with Crippen LogP contribution in [0.5, 0.6) is 17.4 Å². The van der Waals surface area contributed by atoms with Gasteiger partial charge in [-0.1, -0.05) is 12.1 Å². The Balaban J connectivity index is 1.85. The number of aryl methyl sites for hydroxylation is 1. The molecule has 2 atom stereocenters. The van der Waals surface area contributed by atoms with Crippen LogP contribution in [-0.4, -0.2) is 71.8 Å². The van der Waals surface area contributed by atoms with Crippen molar-refractivity contribution >= 4 is 9.84 Å². The number of pyridine rings is 1. The molecule has 0 bridgehead atoms. The molecule has 0 saturated heterocycles. The number of rotatable bonds is 11. The summed E-state index contributed by atoms with van der Waals surface area (Å²) in [4.78, 5) is 13.0. The molecule has 0 fully saturated rings. The molecular weight excluding hydrogens is 524 g/mol. The maximum absolute atomic E-state index is 13.8. The first-order chi connectivity index (χ1) is 18.7. The van der Waals surface area contributed by atoms with Crippen LogP contribution in [0.3, 0.4) is 0 Å². The zero-order chi connectivity index (χ0) is 28.2. The summed E-state index contributed by atoms with van der Waals surface area (Å²) in [6.07, 6.45) is 2.34. The monoisotopic (exact) mass is 554 g/mol. The van der Waals surface area contributed by atoms with Gasteiger partial charge in [0.15, 0.2) is 27.3 Å². The molecule has 0 aliphatic heterocycles. The molecule has 0 amide bonds. The number of benzene rings is 1. The standard InChI is InChI=1S/C26H30N6O6S/c1-16-13-27-25(28-14-16)24(38-6)17(2)39(33,34)15-21-30-31-26(18-9-7-12-22(29-18)37-5)32(21)23-19(35-3)10-8-11-20(23)36-4/h7-14,17,24H,15H2,1-6H3/t17-,24-/m1/s1. The fourth-order valence-electron chi connectivity index (χ4n) is 4.07. The summed E-state index contributed by atoms with van der Waals surface area (Å²) < 4.78 is 51.2. The van der Waals surface area contributed by atoms with E-state index in [1.54, 1.807) is 60.3 Å². The predicted octanol–water partition coefficient (Wildman–Crippen LogP) is 3.14. The van der Waals surface area contributed by atoms with Crippen LogP contribution in [-0.2, 0) is 20.3 Å². The lowest BCUT2D eigenvalue weighted by Gasteiger charge is -2.22. The summed E-state index contributed by atoms with van der Waals surface area (Å²) in [5, 5.41) is 7.60. The summed E-state index contributed by atoms with van der Waals surface area (Å²) in [6, 6.07) is 10.4. The van der Waals surface area contributed by atoms with Gasteiger partial charge < -0.3 is 18.9 Å². The number of hydrogen-bond donors (Lipinski definition) is 0. The minimum atomic E-state index is -3.89. The molecule has 13 heteroatoms. The highest BCUT2D eigenvalue weighted by Gasteiger charge is 2.35. The molecule has 4 rings (SSSR count). The molecule has 4 aromatic rings. The van der Waals surface area contributed by atoms with Crippen molar-refractivity contribution in [3.63, 3.8) is 0 Å². The third kappa shape index (κ3) is 5.68. The number of ether oxygens (including phenoxy) is 4. The maximum Gasteiger partial charge on any atom is 0.213 e. The van der Waals surface area contributed by atoms with Crippen molar-refractivity contribution < 1.29 is 27.4 Å². The van der Waals surface area contributed by atoms with Gasteiger partial charge in [0.05, 0.1) is 26.6 Å². The van der Waals surface area contributed by atoms with Crippen molar-refractivity contribution in [2.24, 2.45) is 0 Å². The number of nitrogens with zero attached hydrogens (tertiary/aromatic N) is 6. The zero-order valence-corrected chi connectivity index (χ0v) is 23.3. The van der Waals surface area contributed by atoms with Gasteiger partial charge >= 0.3 is 0 Å². The highest BCUT2D eigenvalue weighted by molar-refractivity contribution is 7.91. The highest BCUT2D eigenvalue weighted by atomic mass is 32.2. The summed E-state index contributed by atoms with van der Waals surface area (Å²) in [5.41, 5.74) is 1.69. The second kappa shape index (κ2) is 11.7. The predicted molar refractivity (Wildman–Crippen MR) is 143 cm³/mol. The van der Waals surface area contributed by atoms with Crippen LogP contribution in [0.25, 0.3) is 17.2 Å². The molecular formula is C26H30N6O6S. The number of para-hydroxylation sites is 1. The number of methoxy groups -OCH3 is 4. The fourth-order valence-corrected chi connectivity index (χ4v) is 5.49. The number of sulfone groups is 1. The largest absolute Gasteiger partial charge is 0.494 e. The topological polar surface area (TPSA) is 140 Å². The molecule has 0 saturated carbocycles. The van der Waals surface area contributed by atoms with Gasteiger partial charge in [0.1, 0.15) is 34.7 Å². The van der Waals surface area contributed by atoms with Gasteiger partial charge in [-0.2, -0.15) is 0 Å². The quantitative estimate of drug-likeness (QED) is 0.270. The Hall–Kier alpha value is -4.10. The first kappa shape index (κ1) is 27.9. The minimum Gasteiger partial charge on any atom is -0.494 e. The van der Waals surface area contributed by atoms with E-state index in [1.807, 2.05) is 6.92 Å². The second-order valence-corrected chi connectivity index (χ2v) is 11.0. The van der Waals surface area contributed by atoms with E-state index in [0.717, 1.165) is 5.56 Å². The van der Waals surface area contributed by atoms with E-state index in [1.165, 1.54) is 28.4 Å². The Morgan fingerprint density at radius 3 is 2.13 bits per heavy atom. The van der Waals surface area contributed by atoms with Crippen LogP contribution in [0.1, 0.15) is 30.2 Å². The molecule has 39 heavy (non-hydrogen) atoms. The van der Waals surface area contributed by atoms with Crippen LogP contribution < -0.4 is 14.2 Å². The van der Waals surface area contributed by atoms with Gasteiger partial charge in [-0.05, 0) is 37.6 Å². The molecule has 0 aliphatic carbocycles. The third-order valence-electron chi connectivity index (χ3n) is 6.15. The molecule has 206 valence electrons. The fraction of sp³-hybridized carbons (Fsp3) is 0.346. The Morgan fingerprint density at radius 2 is 1.54 bits per heavy atom. The Morgan fingerprint density at radius 1 is 0.897 bits per heavy atom. The van der Waals surface area contributed by atoms with E-state index in [9.17, 15) is 8.42 Å². The van der Waals surface area contributed by atoms with Crippen molar-refractivity contribution in [1.29, 1.82) is 0 Å². The maximum atomic E-state index is 13.8. The number of aromatic nitrogens is 6. The smallest absolute Gasteiger partial charge is 0.213 e. The highest BCUT2D eigenvalue weighted by Crippen LogP contribution is 2.37. The summed E-state index contributed by atoms with van der Waals surface area (Å²) in [7, 11) is 2.06. The first-order valence-corrected chi connectivity index (χ1v) is 13.7. The SMILES string of the molecule is COc1cccc(-c2nnc(CS(=O)(=O)[C@H](C)[C@@H](OC)c3ncc(C)cn3)n2-c2c(OC)cccc2OC)n1. The van der Waals surface area contributed by atoms with Crippen molar-refractivity contribution in [3.05, 3.63) is 66.0 Å². The average molecular weight is 555 g/mol. The molecule has 3 heterocycles. The molecule has 0 aliphatic rings. The first-order valence-electron chi connectivity index (χ1n) is 11.9. The molecule has 3 aromatic heterocycles. The van der Waals surface area contributed by atoms with Gasteiger partial charge in [0, 0.05) is 25.6 Å². The van der Waals surface area contributed by atoms with Crippen LogP contribution in [0.2, 0.25) is 0 Å². The van der Waals surface area contributed by atoms with Crippen molar-refractivity contribution in [2.75, 3.05) is 28.4 Å². The van der Waals surface area contributed by atoms with Crippen LogP contribution in [0.4, 0.5) is 0 Å². The molecule has 0 unspecified atom stereocenters. The van der Waals surface area contributed by atoms with Crippen molar-refractivity contribution in [2.45, 2.75) is 31.0 Å². The second-order valence-electron chi connectivity index (χ2n) is 8.64. The van der Waals surface area contributed by atoms with Crippen LogP contribution >= 0.6 is 0 Å². The average Bonchev–Trinajstić information content (AvgIpc) is 3.35. The van der Waals surface area contributed by atoms with E-state index in [4.69, 9.17) is 18.9 Å². The Bertz CT molecular complexity index is 1520. The lowest BCUT2D eigenvalue weighted by atomic mass is 10.2. The van der Waals surface area contributed by atoms with E-state index in [0.29, 0.717) is 28.8 Å². The summed E-state index contributed by atoms with van der Waals surface area (Å²) in [5.74, 6) is 1.41. The summed E-state index contributed by atoms with van der Waals surface area (Å²) >= 11 is 0. The van der Waals surface area contributed by atoms with Gasteiger partial charge in [-0.25, -0.2) is 23.4 Å². The van der Waals surface area contributed by atoms with Crippen molar-refractivity contribution in [3.8, 4) is 34.6 Å². The van der Waals surface area contributed by atoms with E-state index < -0.39 is 26.9 Å². The molecule has 0 spiro atoms. The Kier molecular flexibility index (Phi) is 8.41. The van der Waals surface area contributed by atoms with Crippen LogP contribution in [0, 0.1) is 6.92 Å². The van der Waals surface area contributed by atoms with Gasteiger partial charge in [0.25, 0.3) is 0 Å². The normalized spacial score (nSPS) is 13.1. The van der Waals surface area contributed by atoms with E-state index >= 15 is 0 Å². The zero-order valence-electron chi connectivity index (χ0n) is 22.5. The third-order valence-corrected chi connectivity index (χ3v) is 8.19. The Labute approximate surface area is 226 Å². The molecule has 0 radical (unpaired) electrons. The number of hydrogen-bond acceptors (Lipinski definition) is 11. The van der Waals surface area contributed by atoms with E-state index in [2.05, 4.69) is 25.1 Å². The van der Waals surface area contributed by atoms with Gasteiger partial charge in [-0.15, -0.1) is 10.2 Å². The van der Waals surface area contributed by atoms with Crippen molar-refractivity contribution in [1.82, 2.24) is 29.7 Å². The lowest BCUT2D eigenvalue weighted by molar-refractivity contribution is 0.0947. The lowest BCUT2D eigenvalue weighted by Crippen LogP contribution is -2.30. The molecule has 12 nitrogen and oxygen atoms in total.